The van der Waals surface area contributed by atoms with Gasteiger partial charge in [0.05, 0.1) is 24.8 Å². The number of aromatic nitrogens is 2. The number of benzene rings is 2. The first-order chi connectivity index (χ1) is 17.3. The number of hydrogen-bond acceptors (Lipinski definition) is 8. The number of anilines is 2. The van der Waals surface area contributed by atoms with E-state index in [2.05, 4.69) is 15.5 Å². The number of sulfonamides is 1. The van der Waals surface area contributed by atoms with Crippen LogP contribution in [0.15, 0.2) is 59.5 Å². The monoisotopic (exact) mass is 511 g/mol. The summed E-state index contributed by atoms with van der Waals surface area (Å²) in [7, 11) is -0.471. The summed E-state index contributed by atoms with van der Waals surface area (Å²) in [6, 6.07) is 15.6. The van der Waals surface area contributed by atoms with Crippen LogP contribution in [0.1, 0.15) is 13.3 Å². The zero-order chi connectivity index (χ0) is 25.7. The number of ether oxygens (including phenoxy) is 2. The first-order valence-corrected chi connectivity index (χ1v) is 13.0. The molecule has 10 nitrogen and oxygen atoms in total. The van der Waals surface area contributed by atoms with Crippen LogP contribution >= 0.6 is 0 Å². The van der Waals surface area contributed by atoms with Crippen LogP contribution in [0.25, 0.3) is 11.3 Å². The van der Waals surface area contributed by atoms with Crippen molar-refractivity contribution in [1.29, 1.82) is 0 Å². The van der Waals surface area contributed by atoms with Gasteiger partial charge in [-0.15, -0.1) is 10.2 Å². The minimum Gasteiger partial charge on any atom is -0.493 e. The molecule has 1 amide bonds. The van der Waals surface area contributed by atoms with Crippen molar-refractivity contribution in [3.05, 3.63) is 54.6 Å². The highest BCUT2D eigenvalue weighted by Gasteiger charge is 2.29. The molecule has 0 radical (unpaired) electrons. The quantitative estimate of drug-likeness (QED) is 0.491. The lowest BCUT2D eigenvalue weighted by Gasteiger charge is -2.34. The summed E-state index contributed by atoms with van der Waals surface area (Å²) < 4.78 is 38.3. The van der Waals surface area contributed by atoms with Crippen molar-refractivity contribution >= 4 is 27.4 Å². The van der Waals surface area contributed by atoms with Crippen molar-refractivity contribution in [3.8, 4) is 22.8 Å². The topological polar surface area (TPSA) is 114 Å². The largest absolute Gasteiger partial charge is 0.493 e. The predicted octanol–water partition coefficient (Wildman–Crippen LogP) is 3.02. The second-order valence-corrected chi connectivity index (χ2v) is 10.1. The molecular weight excluding hydrogens is 482 g/mol. The normalized spacial score (nSPS) is 14.4. The molecule has 4 rings (SSSR count). The lowest BCUT2D eigenvalue weighted by molar-refractivity contribution is -0.115. The van der Waals surface area contributed by atoms with Crippen LogP contribution in [-0.4, -0.2) is 69.2 Å². The molecule has 1 aliphatic rings. The van der Waals surface area contributed by atoms with Crippen LogP contribution in [-0.2, 0) is 14.8 Å². The predicted molar refractivity (Wildman–Crippen MR) is 137 cm³/mol. The maximum absolute atomic E-state index is 13.1. The molecule has 0 aliphatic carbocycles. The van der Waals surface area contributed by atoms with Gasteiger partial charge < -0.3 is 19.7 Å². The van der Waals surface area contributed by atoms with Crippen molar-refractivity contribution in [3.63, 3.8) is 0 Å². The highest BCUT2D eigenvalue weighted by molar-refractivity contribution is 7.89. The SMILES string of the molecule is CCC(=O)Nc1ccc(S(=O)(=O)N2CCN(c3ccc(-c4ccc(OC)c(OC)c4)nn3)CC2)cc1. The molecule has 1 saturated heterocycles. The fourth-order valence-electron chi connectivity index (χ4n) is 3.91. The number of methoxy groups -OCH3 is 2. The minimum absolute atomic E-state index is 0.124. The molecular formula is C25H29N5O5S. The summed E-state index contributed by atoms with van der Waals surface area (Å²) in [6.45, 7) is 3.40. The van der Waals surface area contributed by atoms with Gasteiger partial charge in [-0.3, -0.25) is 4.79 Å². The lowest BCUT2D eigenvalue weighted by atomic mass is 10.1. The molecule has 0 bridgehead atoms. The van der Waals surface area contributed by atoms with Crippen molar-refractivity contribution in [2.45, 2.75) is 18.2 Å². The van der Waals surface area contributed by atoms with E-state index in [1.54, 1.807) is 33.3 Å². The van der Waals surface area contributed by atoms with E-state index in [0.29, 0.717) is 61.3 Å². The van der Waals surface area contributed by atoms with E-state index in [0.717, 1.165) is 5.56 Å². The summed E-state index contributed by atoms with van der Waals surface area (Å²) in [6.07, 6.45) is 0.355. The maximum Gasteiger partial charge on any atom is 0.243 e. The first kappa shape index (κ1) is 25.4. The highest BCUT2D eigenvalue weighted by atomic mass is 32.2. The molecule has 1 aliphatic heterocycles. The number of nitrogens with one attached hydrogen (secondary N) is 1. The molecule has 2 aromatic carbocycles. The Labute approximate surface area is 210 Å². The third-order valence-corrected chi connectivity index (χ3v) is 7.90. The van der Waals surface area contributed by atoms with E-state index in [1.165, 1.54) is 16.4 Å². The van der Waals surface area contributed by atoms with Crippen LogP contribution < -0.4 is 19.7 Å². The Morgan fingerprint density at radius 2 is 1.61 bits per heavy atom. The van der Waals surface area contributed by atoms with Gasteiger partial charge in [-0.25, -0.2) is 8.42 Å². The number of hydrogen-bond donors (Lipinski definition) is 1. The minimum atomic E-state index is -3.64. The number of piperazine rings is 1. The van der Waals surface area contributed by atoms with Gasteiger partial charge in [0.25, 0.3) is 0 Å². The second kappa shape index (κ2) is 10.9. The Hall–Kier alpha value is -3.70. The molecule has 1 fully saturated rings. The van der Waals surface area contributed by atoms with Crippen molar-refractivity contribution in [2.75, 3.05) is 50.6 Å². The Morgan fingerprint density at radius 1 is 0.917 bits per heavy atom. The van der Waals surface area contributed by atoms with Crippen molar-refractivity contribution < 1.29 is 22.7 Å². The molecule has 0 atom stereocenters. The number of nitrogens with zero attached hydrogens (tertiary/aromatic N) is 4. The van der Waals surface area contributed by atoms with E-state index in [4.69, 9.17) is 9.47 Å². The number of carbonyl (C=O) groups is 1. The second-order valence-electron chi connectivity index (χ2n) is 8.16. The molecule has 11 heteroatoms. The van der Waals surface area contributed by atoms with Crippen LogP contribution in [0.5, 0.6) is 11.5 Å². The van der Waals surface area contributed by atoms with Gasteiger partial charge in [0.1, 0.15) is 0 Å². The molecule has 0 spiro atoms. The fourth-order valence-corrected chi connectivity index (χ4v) is 5.33. The first-order valence-electron chi connectivity index (χ1n) is 11.6. The summed E-state index contributed by atoms with van der Waals surface area (Å²) in [5, 5.41) is 11.4. The number of rotatable bonds is 8. The molecule has 36 heavy (non-hydrogen) atoms. The van der Waals surface area contributed by atoms with Crippen LogP contribution in [0, 0.1) is 0 Å². The van der Waals surface area contributed by atoms with Crippen LogP contribution in [0.4, 0.5) is 11.5 Å². The zero-order valence-corrected chi connectivity index (χ0v) is 21.3. The Morgan fingerprint density at radius 3 is 2.19 bits per heavy atom. The summed E-state index contributed by atoms with van der Waals surface area (Å²) in [5.74, 6) is 1.81. The molecule has 0 unspecified atom stereocenters. The van der Waals surface area contributed by atoms with E-state index in [9.17, 15) is 13.2 Å². The van der Waals surface area contributed by atoms with Gasteiger partial charge in [-0.2, -0.15) is 4.31 Å². The van der Waals surface area contributed by atoms with Gasteiger partial charge in [0, 0.05) is 43.9 Å². The van der Waals surface area contributed by atoms with Gasteiger partial charge in [0.2, 0.25) is 15.9 Å². The van der Waals surface area contributed by atoms with Gasteiger partial charge in [0.15, 0.2) is 17.3 Å². The molecule has 1 aromatic heterocycles. The van der Waals surface area contributed by atoms with E-state index >= 15 is 0 Å². The summed E-state index contributed by atoms with van der Waals surface area (Å²) in [5.41, 5.74) is 2.11. The highest BCUT2D eigenvalue weighted by Crippen LogP contribution is 2.31. The van der Waals surface area contributed by atoms with Crippen molar-refractivity contribution in [2.24, 2.45) is 0 Å². The Bertz CT molecular complexity index is 1310. The Balaban J connectivity index is 1.39. The lowest BCUT2D eigenvalue weighted by Crippen LogP contribution is -2.49. The van der Waals surface area contributed by atoms with E-state index < -0.39 is 10.0 Å². The smallest absolute Gasteiger partial charge is 0.243 e. The number of amides is 1. The van der Waals surface area contributed by atoms with Gasteiger partial charge >= 0.3 is 0 Å². The fraction of sp³-hybridized carbons (Fsp3) is 0.320. The molecule has 0 saturated carbocycles. The maximum atomic E-state index is 13.1. The molecule has 190 valence electrons. The van der Waals surface area contributed by atoms with E-state index in [1.807, 2.05) is 35.2 Å². The van der Waals surface area contributed by atoms with Crippen LogP contribution in [0.3, 0.4) is 0 Å². The molecule has 2 heterocycles. The molecule has 3 aromatic rings. The third-order valence-electron chi connectivity index (χ3n) is 5.99. The zero-order valence-electron chi connectivity index (χ0n) is 20.5. The van der Waals surface area contributed by atoms with Crippen molar-refractivity contribution in [1.82, 2.24) is 14.5 Å². The standard InChI is InChI=1S/C25H29N5O5S/c1-4-25(31)26-19-6-8-20(9-7-19)36(32,33)30-15-13-29(14-16-30)24-12-10-21(27-28-24)18-5-11-22(34-2)23(17-18)35-3/h5-12,17H,4,13-16H2,1-3H3,(H,26,31). The number of carbonyl (C=O) groups excluding carboxylic acids is 1. The summed E-state index contributed by atoms with van der Waals surface area (Å²) >= 11 is 0. The van der Waals surface area contributed by atoms with Crippen LogP contribution in [0.2, 0.25) is 0 Å². The average Bonchev–Trinajstić information content (AvgIpc) is 2.93. The molecule has 1 N–H and O–H groups in total. The van der Waals surface area contributed by atoms with Gasteiger partial charge in [-0.05, 0) is 54.6 Å². The summed E-state index contributed by atoms with van der Waals surface area (Å²) in [4.78, 5) is 13.8. The average molecular weight is 512 g/mol. The Kier molecular flexibility index (Phi) is 7.70. The third kappa shape index (κ3) is 5.42. The van der Waals surface area contributed by atoms with Gasteiger partial charge in [-0.1, -0.05) is 6.92 Å². The van der Waals surface area contributed by atoms with E-state index in [-0.39, 0.29) is 10.8 Å².